The lowest BCUT2D eigenvalue weighted by molar-refractivity contribution is -0.120. The van der Waals surface area contributed by atoms with Crippen molar-refractivity contribution in [1.29, 1.82) is 0 Å². The summed E-state index contributed by atoms with van der Waals surface area (Å²) in [5.74, 6) is 0.394. The number of hydrogen-bond donors (Lipinski definition) is 0. The average Bonchev–Trinajstić information content (AvgIpc) is 3.10. The third-order valence-electron chi connectivity index (χ3n) is 5.71. The number of para-hydroxylation sites is 1. The summed E-state index contributed by atoms with van der Waals surface area (Å²) in [5, 5.41) is 0. The van der Waals surface area contributed by atoms with Gasteiger partial charge in [-0.05, 0) is 29.8 Å². The van der Waals surface area contributed by atoms with Gasteiger partial charge in [0.1, 0.15) is 11.5 Å². The number of carbonyl (C=O) groups excluding carboxylic acids is 2. The van der Waals surface area contributed by atoms with Crippen LogP contribution in [-0.2, 0) is 9.59 Å². The maximum Gasteiger partial charge on any atom is 0.282 e. The Labute approximate surface area is 181 Å². The van der Waals surface area contributed by atoms with Crippen LogP contribution in [0, 0.1) is 0 Å². The molecule has 6 heteroatoms. The molecule has 6 nitrogen and oxygen atoms in total. The Morgan fingerprint density at radius 1 is 0.645 bits per heavy atom. The van der Waals surface area contributed by atoms with E-state index in [4.69, 9.17) is 0 Å². The highest BCUT2D eigenvalue weighted by Crippen LogP contribution is 2.35. The summed E-state index contributed by atoms with van der Waals surface area (Å²) in [6.07, 6.45) is 1.79. The summed E-state index contributed by atoms with van der Waals surface area (Å²) in [7, 11) is 0. The molecule has 1 fully saturated rings. The molecular formula is C25H22N4O2. The van der Waals surface area contributed by atoms with E-state index in [1.807, 2.05) is 71.6 Å². The first kappa shape index (κ1) is 19.1. The molecule has 0 aliphatic carbocycles. The van der Waals surface area contributed by atoms with Crippen molar-refractivity contribution in [3.63, 3.8) is 0 Å². The molecule has 2 aliphatic heterocycles. The Bertz CT molecular complexity index is 1120. The van der Waals surface area contributed by atoms with Gasteiger partial charge in [0.25, 0.3) is 11.8 Å². The summed E-state index contributed by atoms with van der Waals surface area (Å²) in [6, 6.07) is 24.5. The van der Waals surface area contributed by atoms with E-state index >= 15 is 0 Å². The highest BCUT2D eigenvalue weighted by atomic mass is 16.2. The predicted octanol–water partition coefficient (Wildman–Crippen LogP) is 3.19. The normalized spacial score (nSPS) is 17.0. The van der Waals surface area contributed by atoms with Crippen LogP contribution >= 0.6 is 0 Å². The van der Waals surface area contributed by atoms with Crippen LogP contribution in [0.15, 0.2) is 90.8 Å². The van der Waals surface area contributed by atoms with Crippen molar-refractivity contribution in [2.45, 2.75) is 0 Å². The van der Waals surface area contributed by atoms with Gasteiger partial charge in [0.05, 0.1) is 11.3 Å². The van der Waals surface area contributed by atoms with E-state index in [2.05, 4.69) is 9.88 Å². The van der Waals surface area contributed by atoms with Gasteiger partial charge in [0.2, 0.25) is 0 Å². The van der Waals surface area contributed by atoms with Gasteiger partial charge < -0.3 is 9.80 Å². The number of rotatable bonds is 4. The molecule has 0 N–H and O–H groups in total. The summed E-state index contributed by atoms with van der Waals surface area (Å²) < 4.78 is 0. The largest absolute Gasteiger partial charge is 0.363 e. The number of anilines is 2. The van der Waals surface area contributed by atoms with E-state index in [0.717, 1.165) is 24.5 Å². The number of carbonyl (C=O) groups is 2. The second kappa shape index (κ2) is 8.07. The molecule has 0 spiro atoms. The molecule has 154 valence electrons. The first-order valence-electron chi connectivity index (χ1n) is 10.4. The fourth-order valence-electron chi connectivity index (χ4n) is 4.19. The molecule has 5 rings (SSSR count). The van der Waals surface area contributed by atoms with Gasteiger partial charge in [-0.25, -0.2) is 9.88 Å². The summed E-state index contributed by atoms with van der Waals surface area (Å²) in [5.41, 5.74) is 2.32. The molecule has 0 atom stereocenters. The first-order chi connectivity index (χ1) is 15.2. The third-order valence-corrected chi connectivity index (χ3v) is 5.71. The molecule has 2 aromatic carbocycles. The molecular weight excluding hydrogens is 388 g/mol. The summed E-state index contributed by atoms with van der Waals surface area (Å²) in [4.78, 5) is 37.0. The van der Waals surface area contributed by atoms with Gasteiger partial charge in [-0.15, -0.1) is 0 Å². The predicted molar refractivity (Wildman–Crippen MR) is 120 cm³/mol. The minimum atomic E-state index is -0.274. The minimum absolute atomic E-state index is 0.263. The number of piperazine rings is 1. The summed E-state index contributed by atoms with van der Waals surface area (Å²) in [6.45, 7) is 2.75. The van der Waals surface area contributed by atoms with Crippen LogP contribution in [0.5, 0.6) is 0 Å². The standard InChI is InChI=1S/C25H22N4O2/c30-24-22(19-9-3-1-4-10-19)23(25(31)29(24)20-11-5-2-6-12-20)28-17-15-27(16-18-28)21-13-7-8-14-26-21/h1-14H,15-18H2. The smallest absolute Gasteiger partial charge is 0.282 e. The van der Waals surface area contributed by atoms with Gasteiger partial charge in [-0.1, -0.05) is 54.6 Å². The Morgan fingerprint density at radius 3 is 1.90 bits per heavy atom. The van der Waals surface area contributed by atoms with Gasteiger partial charge >= 0.3 is 0 Å². The highest BCUT2D eigenvalue weighted by molar-refractivity contribution is 6.45. The Morgan fingerprint density at radius 2 is 1.26 bits per heavy atom. The van der Waals surface area contributed by atoms with Crippen LogP contribution in [-0.4, -0.2) is 47.9 Å². The van der Waals surface area contributed by atoms with Gasteiger partial charge in [-0.3, -0.25) is 9.59 Å². The minimum Gasteiger partial charge on any atom is -0.363 e. The molecule has 2 amide bonds. The monoisotopic (exact) mass is 410 g/mol. The van der Waals surface area contributed by atoms with E-state index in [-0.39, 0.29) is 11.8 Å². The maximum atomic E-state index is 13.5. The fourth-order valence-corrected chi connectivity index (χ4v) is 4.19. The second-order valence-electron chi connectivity index (χ2n) is 7.53. The van der Waals surface area contributed by atoms with Crippen LogP contribution in [0.1, 0.15) is 5.56 Å². The van der Waals surface area contributed by atoms with E-state index in [0.29, 0.717) is 30.0 Å². The molecule has 3 aromatic rings. The fraction of sp³-hybridized carbons (Fsp3) is 0.160. The van der Waals surface area contributed by atoms with Gasteiger partial charge in [0.15, 0.2) is 0 Å². The number of pyridine rings is 1. The molecule has 0 unspecified atom stereocenters. The first-order valence-corrected chi connectivity index (χ1v) is 10.4. The van der Waals surface area contributed by atoms with Crippen molar-refractivity contribution in [3.05, 3.63) is 96.3 Å². The zero-order valence-corrected chi connectivity index (χ0v) is 17.0. The molecule has 31 heavy (non-hydrogen) atoms. The third kappa shape index (κ3) is 3.46. The quantitative estimate of drug-likeness (QED) is 0.619. The number of benzene rings is 2. The van der Waals surface area contributed by atoms with Gasteiger partial charge in [0, 0.05) is 32.4 Å². The van der Waals surface area contributed by atoms with E-state index in [9.17, 15) is 9.59 Å². The van der Waals surface area contributed by atoms with Crippen molar-refractivity contribution < 1.29 is 9.59 Å². The number of nitrogens with zero attached hydrogens (tertiary/aromatic N) is 4. The van der Waals surface area contributed by atoms with Crippen molar-refractivity contribution >= 4 is 28.9 Å². The molecule has 0 bridgehead atoms. The second-order valence-corrected chi connectivity index (χ2v) is 7.53. The molecule has 3 heterocycles. The van der Waals surface area contributed by atoms with Crippen LogP contribution < -0.4 is 9.80 Å². The lowest BCUT2D eigenvalue weighted by Gasteiger charge is -2.37. The topological polar surface area (TPSA) is 56.8 Å². The number of imide groups is 1. The molecule has 2 aliphatic rings. The van der Waals surface area contributed by atoms with E-state index in [1.54, 1.807) is 18.3 Å². The van der Waals surface area contributed by atoms with E-state index < -0.39 is 0 Å². The summed E-state index contributed by atoms with van der Waals surface area (Å²) >= 11 is 0. The zero-order valence-electron chi connectivity index (χ0n) is 17.0. The lowest BCUT2D eigenvalue weighted by atomic mass is 10.0. The number of amides is 2. The average molecular weight is 410 g/mol. The van der Waals surface area contributed by atoms with E-state index in [1.165, 1.54) is 4.90 Å². The molecule has 1 saturated heterocycles. The van der Waals surface area contributed by atoms with Crippen molar-refractivity contribution in [2.24, 2.45) is 0 Å². The van der Waals surface area contributed by atoms with Crippen LogP contribution in [0.4, 0.5) is 11.5 Å². The molecule has 0 radical (unpaired) electrons. The Kier molecular flexibility index (Phi) is 4.96. The maximum absolute atomic E-state index is 13.5. The Balaban J connectivity index is 1.49. The van der Waals surface area contributed by atoms with Crippen LogP contribution in [0.2, 0.25) is 0 Å². The van der Waals surface area contributed by atoms with Crippen molar-refractivity contribution in [2.75, 3.05) is 36.0 Å². The van der Waals surface area contributed by atoms with Crippen LogP contribution in [0.25, 0.3) is 5.57 Å². The molecule has 1 aromatic heterocycles. The van der Waals surface area contributed by atoms with Crippen molar-refractivity contribution in [1.82, 2.24) is 9.88 Å². The lowest BCUT2D eigenvalue weighted by Crippen LogP contribution is -2.48. The zero-order chi connectivity index (χ0) is 21.2. The number of aromatic nitrogens is 1. The Hall–Kier alpha value is -3.93. The van der Waals surface area contributed by atoms with Crippen LogP contribution in [0.3, 0.4) is 0 Å². The van der Waals surface area contributed by atoms with Crippen molar-refractivity contribution in [3.8, 4) is 0 Å². The molecule has 0 saturated carbocycles. The van der Waals surface area contributed by atoms with Gasteiger partial charge in [-0.2, -0.15) is 0 Å². The number of hydrogen-bond acceptors (Lipinski definition) is 5. The highest BCUT2D eigenvalue weighted by Gasteiger charge is 2.43. The SMILES string of the molecule is O=C1C(c2ccccc2)=C(N2CCN(c3ccccn3)CC2)C(=O)N1c1ccccc1.